The third-order valence-electron chi connectivity index (χ3n) is 3.27. The van der Waals surface area contributed by atoms with E-state index in [0.29, 0.717) is 0 Å². The zero-order valence-electron chi connectivity index (χ0n) is 9.70. The molecule has 0 unspecified atom stereocenters. The van der Waals surface area contributed by atoms with Gasteiger partial charge in [0.05, 0.1) is 5.02 Å². The summed E-state index contributed by atoms with van der Waals surface area (Å²) in [6.45, 7) is 2.16. The van der Waals surface area contributed by atoms with Crippen molar-refractivity contribution in [3.8, 4) is 0 Å². The van der Waals surface area contributed by atoms with Gasteiger partial charge in [-0.25, -0.2) is 0 Å². The summed E-state index contributed by atoms with van der Waals surface area (Å²) < 4.78 is 0. The van der Waals surface area contributed by atoms with Crippen LogP contribution in [0, 0.1) is 0 Å². The number of hydrogen-bond donors (Lipinski definition) is 0. The second kappa shape index (κ2) is 4.05. The van der Waals surface area contributed by atoms with E-state index < -0.39 is 0 Å². The summed E-state index contributed by atoms with van der Waals surface area (Å²) in [5, 5.41) is 5.58. The van der Waals surface area contributed by atoms with E-state index in [1.165, 1.54) is 16.3 Å². The summed E-state index contributed by atoms with van der Waals surface area (Å²) in [4.78, 5) is 0. The van der Waals surface area contributed by atoms with E-state index in [4.69, 9.17) is 11.6 Å². The summed E-state index contributed by atoms with van der Waals surface area (Å²) in [6.07, 6.45) is 1.04. The second-order valence-corrected chi connectivity index (χ2v) is 4.70. The molecule has 0 radical (unpaired) electrons. The first kappa shape index (κ1) is 10.6. The Morgan fingerprint density at radius 1 is 0.882 bits per heavy atom. The van der Waals surface area contributed by atoms with E-state index in [9.17, 15) is 0 Å². The van der Waals surface area contributed by atoms with E-state index in [1.54, 1.807) is 0 Å². The summed E-state index contributed by atoms with van der Waals surface area (Å²) in [5.41, 5.74) is 1.33. The lowest BCUT2D eigenvalue weighted by Gasteiger charge is -2.07. The van der Waals surface area contributed by atoms with Crippen LogP contribution in [0.4, 0.5) is 0 Å². The summed E-state index contributed by atoms with van der Waals surface area (Å²) in [6, 6.07) is 17.0. The molecule has 17 heavy (non-hydrogen) atoms. The van der Waals surface area contributed by atoms with Crippen LogP contribution in [0.3, 0.4) is 0 Å². The van der Waals surface area contributed by atoms with Crippen molar-refractivity contribution in [3.63, 3.8) is 0 Å². The predicted molar refractivity (Wildman–Crippen MR) is 75.8 cm³/mol. The van der Waals surface area contributed by atoms with E-state index >= 15 is 0 Å². The third kappa shape index (κ3) is 1.69. The van der Waals surface area contributed by atoms with Gasteiger partial charge in [-0.1, -0.05) is 54.9 Å². The molecule has 0 N–H and O–H groups in total. The van der Waals surface area contributed by atoms with Crippen LogP contribution < -0.4 is 0 Å². The van der Waals surface area contributed by atoms with Crippen molar-refractivity contribution in [1.82, 2.24) is 0 Å². The maximum absolute atomic E-state index is 6.50. The summed E-state index contributed by atoms with van der Waals surface area (Å²) in [7, 11) is 0. The SMILES string of the molecule is CCc1ccc2cc3ccccc3c(Cl)c2c1. The van der Waals surface area contributed by atoms with Gasteiger partial charge in [-0.15, -0.1) is 0 Å². The van der Waals surface area contributed by atoms with Crippen LogP contribution in [-0.2, 0) is 6.42 Å². The van der Waals surface area contributed by atoms with Crippen LogP contribution in [0.25, 0.3) is 21.5 Å². The minimum Gasteiger partial charge on any atom is -0.0830 e. The molecule has 0 aromatic heterocycles. The topological polar surface area (TPSA) is 0 Å². The van der Waals surface area contributed by atoms with Gasteiger partial charge in [-0.2, -0.15) is 0 Å². The molecule has 0 aliphatic heterocycles. The van der Waals surface area contributed by atoms with Crippen molar-refractivity contribution < 1.29 is 0 Å². The Bertz CT molecular complexity index is 698. The van der Waals surface area contributed by atoms with Crippen molar-refractivity contribution in [2.24, 2.45) is 0 Å². The molecule has 0 bridgehead atoms. The smallest absolute Gasteiger partial charge is 0.0562 e. The first-order chi connectivity index (χ1) is 8.29. The van der Waals surface area contributed by atoms with Crippen molar-refractivity contribution >= 4 is 33.1 Å². The zero-order valence-corrected chi connectivity index (χ0v) is 10.5. The third-order valence-corrected chi connectivity index (χ3v) is 3.68. The van der Waals surface area contributed by atoms with Gasteiger partial charge in [0.1, 0.15) is 0 Å². The fourth-order valence-electron chi connectivity index (χ4n) is 2.27. The molecular formula is C16H13Cl. The van der Waals surface area contributed by atoms with E-state index in [0.717, 1.165) is 22.2 Å². The molecule has 84 valence electrons. The first-order valence-electron chi connectivity index (χ1n) is 5.89. The Labute approximate surface area is 106 Å². The molecule has 3 aromatic carbocycles. The standard InChI is InChI=1S/C16H13Cl/c1-2-11-7-8-13-10-12-5-3-4-6-14(12)16(17)15(13)9-11/h3-10H,2H2,1H3. The lowest BCUT2D eigenvalue weighted by atomic mass is 10.0. The van der Waals surface area contributed by atoms with Gasteiger partial charge < -0.3 is 0 Å². The van der Waals surface area contributed by atoms with E-state index in [2.05, 4.69) is 43.3 Å². The monoisotopic (exact) mass is 240 g/mol. The quantitative estimate of drug-likeness (QED) is 0.513. The molecule has 3 aromatic rings. The van der Waals surface area contributed by atoms with Crippen LogP contribution in [0.15, 0.2) is 48.5 Å². The van der Waals surface area contributed by atoms with E-state index in [-0.39, 0.29) is 0 Å². The van der Waals surface area contributed by atoms with Gasteiger partial charge in [0.2, 0.25) is 0 Å². The van der Waals surface area contributed by atoms with Gasteiger partial charge >= 0.3 is 0 Å². The summed E-state index contributed by atoms with van der Waals surface area (Å²) in [5.74, 6) is 0. The molecule has 0 heterocycles. The molecule has 3 rings (SSSR count). The van der Waals surface area contributed by atoms with Gasteiger partial charge in [0.25, 0.3) is 0 Å². The Hall–Kier alpha value is -1.53. The van der Waals surface area contributed by atoms with Gasteiger partial charge in [0.15, 0.2) is 0 Å². The lowest BCUT2D eigenvalue weighted by Crippen LogP contribution is -1.83. The zero-order chi connectivity index (χ0) is 11.8. The Morgan fingerprint density at radius 3 is 2.47 bits per heavy atom. The summed E-state index contributed by atoms with van der Waals surface area (Å²) >= 11 is 6.50. The molecule has 0 atom stereocenters. The fraction of sp³-hybridized carbons (Fsp3) is 0.125. The number of benzene rings is 3. The molecule has 0 nitrogen and oxygen atoms in total. The Balaban J connectivity index is 2.46. The van der Waals surface area contributed by atoms with Gasteiger partial charge in [0, 0.05) is 10.8 Å². The molecular weight excluding hydrogens is 228 g/mol. The number of hydrogen-bond acceptors (Lipinski definition) is 0. The van der Waals surface area contributed by atoms with E-state index in [1.807, 2.05) is 12.1 Å². The predicted octanol–water partition coefficient (Wildman–Crippen LogP) is 5.21. The largest absolute Gasteiger partial charge is 0.0830 e. The number of fused-ring (bicyclic) bond motifs is 2. The minimum absolute atomic E-state index is 0.869. The van der Waals surface area contributed by atoms with Crippen LogP contribution >= 0.6 is 11.6 Å². The van der Waals surface area contributed by atoms with Crippen LogP contribution in [0.2, 0.25) is 5.02 Å². The van der Waals surface area contributed by atoms with Gasteiger partial charge in [-0.05, 0) is 34.9 Å². The maximum Gasteiger partial charge on any atom is 0.0562 e. The lowest BCUT2D eigenvalue weighted by molar-refractivity contribution is 1.15. The molecule has 0 aliphatic rings. The highest BCUT2D eigenvalue weighted by Crippen LogP contribution is 2.32. The highest BCUT2D eigenvalue weighted by atomic mass is 35.5. The van der Waals surface area contributed by atoms with Gasteiger partial charge in [-0.3, -0.25) is 0 Å². The maximum atomic E-state index is 6.50. The van der Waals surface area contributed by atoms with Crippen molar-refractivity contribution in [2.75, 3.05) is 0 Å². The minimum atomic E-state index is 0.869. The van der Waals surface area contributed by atoms with Crippen LogP contribution in [0.5, 0.6) is 0 Å². The molecule has 0 spiro atoms. The average molecular weight is 241 g/mol. The number of halogens is 1. The average Bonchev–Trinajstić information content (AvgIpc) is 2.39. The van der Waals surface area contributed by atoms with Crippen LogP contribution in [-0.4, -0.2) is 0 Å². The normalized spacial score (nSPS) is 11.2. The molecule has 0 aliphatic carbocycles. The van der Waals surface area contributed by atoms with Crippen LogP contribution in [0.1, 0.15) is 12.5 Å². The highest BCUT2D eigenvalue weighted by Gasteiger charge is 2.05. The fourth-order valence-corrected chi connectivity index (χ4v) is 2.61. The number of aryl methyl sites for hydroxylation is 1. The first-order valence-corrected chi connectivity index (χ1v) is 6.27. The number of rotatable bonds is 1. The molecule has 0 saturated heterocycles. The second-order valence-electron chi connectivity index (χ2n) is 4.32. The Kier molecular flexibility index (Phi) is 2.53. The Morgan fingerprint density at radius 2 is 1.65 bits per heavy atom. The van der Waals surface area contributed by atoms with Crippen molar-refractivity contribution in [2.45, 2.75) is 13.3 Å². The highest BCUT2D eigenvalue weighted by molar-refractivity contribution is 6.40. The molecule has 0 saturated carbocycles. The van der Waals surface area contributed by atoms with Crippen molar-refractivity contribution in [1.29, 1.82) is 0 Å². The molecule has 0 amide bonds. The van der Waals surface area contributed by atoms with Crippen molar-refractivity contribution in [3.05, 3.63) is 59.1 Å². The molecule has 1 heteroatoms. The molecule has 0 fully saturated rings.